The molecule has 6 heteroatoms. The first-order valence-electron chi connectivity index (χ1n) is 7.41. The summed E-state index contributed by atoms with van der Waals surface area (Å²) < 4.78 is 13.7. The summed E-state index contributed by atoms with van der Waals surface area (Å²) in [6.45, 7) is 3.07. The Hall–Kier alpha value is -2.40. The van der Waals surface area contributed by atoms with E-state index < -0.39 is 5.82 Å². The molecule has 0 aromatic heterocycles. The van der Waals surface area contributed by atoms with Gasteiger partial charge in [0.1, 0.15) is 12.4 Å². The quantitative estimate of drug-likeness (QED) is 0.894. The first kappa shape index (κ1) is 17.9. The predicted molar refractivity (Wildman–Crippen MR) is 92.3 cm³/mol. The van der Waals surface area contributed by atoms with Crippen molar-refractivity contribution >= 4 is 29.1 Å². The zero-order valence-corrected chi connectivity index (χ0v) is 14.2. The fourth-order valence-electron chi connectivity index (χ4n) is 2.16. The van der Waals surface area contributed by atoms with Crippen LogP contribution in [0.2, 0.25) is 5.02 Å². The van der Waals surface area contributed by atoms with Crippen molar-refractivity contribution in [2.45, 2.75) is 20.4 Å². The molecule has 0 atom stereocenters. The summed E-state index contributed by atoms with van der Waals surface area (Å²) in [7, 11) is 0. The molecule has 0 unspecified atom stereocenters. The first-order chi connectivity index (χ1) is 11.4. The second-order valence-electron chi connectivity index (χ2n) is 5.48. The van der Waals surface area contributed by atoms with Gasteiger partial charge in [-0.2, -0.15) is 0 Å². The van der Waals surface area contributed by atoms with E-state index in [0.717, 1.165) is 5.56 Å². The van der Waals surface area contributed by atoms with Crippen LogP contribution >= 0.6 is 11.6 Å². The molecule has 0 heterocycles. The molecule has 0 aliphatic heterocycles. The molecular weight excluding hydrogens is 331 g/mol. The molecule has 0 bridgehead atoms. The number of benzene rings is 2. The molecule has 24 heavy (non-hydrogen) atoms. The van der Waals surface area contributed by atoms with Gasteiger partial charge in [-0.3, -0.25) is 9.59 Å². The smallest absolute Gasteiger partial charge is 0.244 e. The third kappa shape index (κ3) is 4.80. The van der Waals surface area contributed by atoms with Gasteiger partial charge in [0.2, 0.25) is 11.8 Å². The number of carbonyl (C=O) groups excluding carboxylic acids is 2. The molecule has 1 N–H and O–H groups in total. The molecule has 126 valence electrons. The normalized spacial score (nSPS) is 10.3. The minimum atomic E-state index is -0.408. The van der Waals surface area contributed by atoms with E-state index in [1.165, 1.54) is 17.9 Å². The van der Waals surface area contributed by atoms with E-state index >= 15 is 0 Å². The highest BCUT2D eigenvalue weighted by Crippen LogP contribution is 2.20. The number of carbonyl (C=O) groups is 2. The average Bonchev–Trinajstić information content (AvgIpc) is 2.52. The number of hydrogen-bond donors (Lipinski definition) is 1. The lowest BCUT2D eigenvalue weighted by atomic mass is 10.2. The summed E-state index contributed by atoms with van der Waals surface area (Å²) >= 11 is 6.02. The third-order valence-corrected chi connectivity index (χ3v) is 3.96. The largest absolute Gasteiger partial charge is 0.329 e. The molecule has 4 nitrogen and oxygen atoms in total. The summed E-state index contributed by atoms with van der Waals surface area (Å²) in [5, 5.41) is 3.23. The molecule has 0 radical (unpaired) electrons. The molecule has 2 aromatic rings. The first-order valence-corrected chi connectivity index (χ1v) is 7.79. The van der Waals surface area contributed by atoms with Gasteiger partial charge in [0.25, 0.3) is 0 Å². The molecule has 2 rings (SSSR count). The second kappa shape index (κ2) is 7.93. The maximum absolute atomic E-state index is 13.7. The van der Waals surface area contributed by atoms with Crippen LogP contribution < -0.4 is 5.32 Å². The molecule has 0 saturated carbocycles. The van der Waals surface area contributed by atoms with Gasteiger partial charge < -0.3 is 10.2 Å². The molecule has 2 aromatic carbocycles. The highest BCUT2D eigenvalue weighted by Gasteiger charge is 2.16. The number of rotatable bonds is 5. The van der Waals surface area contributed by atoms with Crippen LogP contribution in [-0.2, 0) is 16.1 Å². The van der Waals surface area contributed by atoms with E-state index in [1.54, 1.807) is 36.4 Å². The van der Waals surface area contributed by atoms with Gasteiger partial charge >= 0.3 is 0 Å². The van der Waals surface area contributed by atoms with Crippen LogP contribution in [-0.4, -0.2) is 23.3 Å². The van der Waals surface area contributed by atoms with Gasteiger partial charge in [-0.25, -0.2) is 4.39 Å². The lowest BCUT2D eigenvalue weighted by Gasteiger charge is -2.21. The molecule has 2 amide bonds. The standard InChI is InChI=1S/C18H18ClFN2O2/c1-12-7-8-15(9-16(12)19)21-18(24)11-22(13(2)23)10-14-5-3-4-6-17(14)20/h3-9H,10-11H2,1-2H3,(H,21,24). The Balaban J connectivity index is 2.04. The lowest BCUT2D eigenvalue weighted by Crippen LogP contribution is -2.36. The molecule has 0 fully saturated rings. The molecule has 0 spiro atoms. The predicted octanol–water partition coefficient (Wildman–Crippen LogP) is 3.77. The Morgan fingerprint density at radius 2 is 1.92 bits per heavy atom. The van der Waals surface area contributed by atoms with E-state index in [0.29, 0.717) is 16.3 Å². The van der Waals surface area contributed by atoms with Crippen LogP contribution in [0.4, 0.5) is 10.1 Å². The van der Waals surface area contributed by atoms with Crippen molar-refractivity contribution in [1.82, 2.24) is 4.90 Å². The number of nitrogens with one attached hydrogen (secondary N) is 1. The van der Waals surface area contributed by atoms with E-state index in [1.807, 2.05) is 6.92 Å². The van der Waals surface area contributed by atoms with Crippen LogP contribution in [0.3, 0.4) is 0 Å². The molecule has 0 aliphatic carbocycles. The van der Waals surface area contributed by atoms with Gasteiger partial charge in [0, 0.05) is 29.7 Å². The van der Waals surface area contributed by atoms with Gasteiger partial charge in [-0.15, -0.1) is 0 Å². The Labute approximate surface area is 145 Å². The van der Waals surface area contributed by atoms with E-state index in [2.05, 4.69) is 5.32 Å². The van der Waals surface area contributed by atoms with Gasteiger partial charge in [0.05, 0.1) is 0 Å². The molecule has 0 aliphatic rings. The van der Waals surface area contributed by atoms with Crippen molar-refractivity contribution < 1.29 is 14.0 Å². The highest BCUT2D eigenvalue weighted by molar-refractivity contribution is 6.31. The summed E-state index contributed by atoms with van der Waals surface area (Å²) in [4.78, 5) is 25.2. The summed E-state index contributed by atoms with van der Waals surface area (Å²) in [6, 6.07) is 11.3. The fourth-order valence-corrected chi connectivity index (χ4v) is 2.34. The van der Waals surface area contributed by atoms with Crippen LogP contribution in [0.15, 0.2) is 42.5 Å². The number of anilines is 1. The van der Waals surface area contributed by atoms with Crippen molar-refractivity contribution in [2.75, 3.05) is 11.9 Å². The average molecular weight is 349 g/mol. The third-order valence-electron chi connectivity index (χ3n) is 3.55. The van der Waals surface area contributed by atoms with E-state index in [9.17, 15) is 14.0 Å². The Morgan fingerprint density at radius 3 is 2.54 bits per heavy atom. The van der Waals surface area contributed by atoms with E-state index in [4.69, 9.17) is 11.6 Å². The number of halogens is 2. The maximum atomic E-state index is 13.7. The lowest BCUT2D eigenvalue weighted by molar-refractivity contribution is -0.133. The minimum absolute atomic E-state index is 0.0318. The van der Waals surface area contributed by atoms with Crippen molar-refractivity contribution in [2.24, 2.45) is 0 Å². The van der Waals surface area contributed by atoms with Crippen LogP contribution in [0, 0.1) is 12.7 Å². The SMILES string of the molecule is CC(=O)N(CC(=O)Nc1ccc(C)c(Cl)c1)Cc1ccccc1F. The van der Waals surface area contributed by atoms with Gasteiger partial charge in [-0.05, 0) is 30.7 Å². The number of aryl methyl sites for hydroxylation is 1. The van der Waals surface area contributed by atoms with Crippen molar-refractivity contribution in [1.29, 1.82) is 0 Å². The topological polar surface area (TPSA) is 49.4 Å². The second-order valence-corrected chi connectivity index (χ2v) is 5.89. The van der Waals surface area contributed by atoms with Crippen molar-refractivity contribution in [3.8, 4) is 0 Å². The zero-order chi connectivity index (χ0) is 17.7. The Morgan fingerprint density at radius 1 is 1.21 bits per heavy atom. The van der Waals surface area contributed by atoms with Crippen molar-refractivity contribution in [3.63, 3.8) is 0 Å². The number of nitrogens with zero attached hydrogens (tertiary/aromatic N) is 1. The monoisotopic (exact) mass is 348 g/mol. The molecular formula is C18H18ClFN2O2. The summed E-state index contributed by atoms with van der Waals surface area (Å²) in [5.74, 6) is -1.09. The zero-order valence-electron chi connectivity index (χ0n) is 13.5. The van der Waals surface area contributed by atoms with Crippen molar-refractivity contribution in [3.05, 3.63) is 64.4 Å². The minimum Gasteiger partial charge on any atom is -0.329 e. The van der Waals surface area contributed by atoms with Crippen LogP contribution in [0.5, 0.6) is 0 Å². The Bertz CT molecular complexity index is 764. The summed E-state index contributed by atoms with van der Waals surface area (Å²) in [5.41, 5.74) is 1.81. The van der Waals surface area contributed by atoms with Crippen LogP contribution in [0.1, 0.15) is 18.1 Å². The van der Waals surface area contributed by atoms with Gasteiger partial charge in [0.15, 0.2) is 0 Å². The van der Waals surface area contributed by atoms with Crippen LogP contribution in [0.25, 0.3) is 0 Å². The Kier molecular flexibility index (Phi) is 5.93. The summed E-state index contributed by atoms with van der Waals surface area (Å²) in [6.07, 6.45) is 0. The highest BCUT2D eigenvalue weighted by atomic mass is 35.5. The fraction of sp³-hybridized carbons (Fsp3) is 0.222. The van der Waals surface area contributed by atoms with Gasteiger partial charge in [-0.1, -0.05) is 35.9 Å². The maximum Gasteiger partial charge on any atom is 0.244 e. The number of hydrogen-bond acceptors (Lipinski definition) is 2. The number of amides is 2. The van der Waals surface area contributed by atoms with E-state index in [-0.39, 0.29) is 24.9 Å². The molecule has 0 saturated heterocycles.